The molecule has 1 aliphatic rings. The molecule has 1 aliphatic carbocycles. The highest BCUT2D eigenvalue weighted by Crippen LogP contribution is 2.21. The van der Waals surface area contributed by atoms with Crippen LogP contribution in [0.25, 0.3) is 0 Å². The molecule has 0 amide bonds. The molecule has 0 saturated heterocycles. The summed E-state index contributed by atoms with van der Waals surface area (Å²) in [4.78, 5) is 0. The van der Waals surface area contributed by atoms with Crippen molar-refractivity contribution in [1.29, 1.82) is 0 Å². The topological polar surface area (TPSA) is 45.6 Å². The van der Waals surface area contributed by atoms with Gasteiger partial charge >= 0.3 is 0 Å². The molecule has 4 nitrogen and oxygen atoms in total. The van der Waals surface area contributed by atoms with Crippen LogP contribution in [0.4, 0.5) is 5.69 Å². The Hall–Kier alpha value is -2.40. The van der Waals surface area contributed by atoms with Crippen molar-refractivity contribution in [2.75, 3.05) is 11.9 Å². The summed E-state index contributed by atoms with van der Waals surface area (Å²) in [6.07, 6.45) is 1.98. The van der Waals surface area contributed by atoms with Gasteiger partial charge in [-0.05, 0) is 61.8 Å². The van der Waals surface area contributed by atoms with E-state index in [4.69, 9.17) is 17.0 Å². The molecular weight excluding hydrogens is 306 g/mol. The van der Waals surface area contributed by atoms with Crippen LogP contribution in [0.15, 0.2) is 53.6 Å². The minimum absolute atomic E-state index is 0.478. The van der Waals surface area contributed by atoms with E-state index in [1.165, 1.54) is 11.1 Å². The molecule has 0 aromatic heterocycles. The van der Waals surface area contributed by atoms with Crippen LogP contribution in [0.5, 0.6) is 5.75 Å². The first kappa shape index (κ1) is 15.5. The summed E-state index contributed by atoms with van der Waals surface area (Å²) < 4.78 is 5.42. The summed E-state index contributed by atoms with van der Waals surface area (Å²) >= 11 is 5.29. The van der Waals surface area contributed by atoms with Crippen LogP contribution < -0.4 is 15.5 Å². The molecule has 2 N–H and O–H groups in total. The van der Waals surface area contributed by atoms with Gasteiger partial charge in [-0.15, -0.1) is 0 Å². The molecule has 118 valence electrons. The van der Waals surface area contributed by atoms with Crippen LogP contribution in [-0.4, -0.2) is 17.4 Å². The van der Waals surface area contributed by atoms with Crippen molar-refractivity contribution >= 4 is 28.7 Å². The highest BCUT2D eigenvalue weighted by atomic mass is 32.1. The van der Waals surface area contributed by atoms with Gasteiger partial charge in [-0.1, -0.05) is 24.3 Å². The molecule has 0 heterocycles. The van der Waals surface area contributed by atoms with Crippen molar-refractivity contribution in [3.63, 3.8) is 0 Å². The first-order valence-corrected chi connectivity index (χ1v) is 8.12. The summed E-state index contributed by atoms with van der Waals surface area (Å²) in [5, 5.41) is 8.04. The van der Waals surface area contributed by atoms with E-state index in [1.807, 2.05) is 37.3 Å². The first-order chi connectivity index (χ1) is 11.3. The third-order valence-electron chi connectivity index (χ3n) is 3.68. The molecule has 0 saturated carbocycles. The summed E-state index contributed by atoms with van der Waals surface area (Å²) in [6, 6.07) is 16.0. The van der Waals surface area contributed by atoms with Crippen molar-refractivity contribution in [3.8, 4) is 5.75 Å². The number of anilines is 1. The molecule has 3 rings (SSSR count). The third kappa shape index (κ3) is 3.87. The van der Waals surface area contributed by atoms with Gasteiger partial charge < -0.3 is 10.1 Å². The molecule has 2 aromatic rings. The number of ether oxygens (including phenoxy) is 1. The van der Waals surface area contributed by atoms with E-state index in [9.17, 15) is 0 Å². The molecule has 0 radical (unpaired) electrons. The monoisotopic (exact) mass is 325 g/mol. The largest absolute Gasteiger partial charge is 0.494 e. The zero-order valence-electron chi connectivity index (χ0n) is 13.0. The standard InChI is InChI=1S/C18H19N3OS/c1-2-22-15-10-8-14(9-11-15)19-18(23)21-20-17-12-7-13-5-3-4-6-16(13)17/h3-6,8-11H,2,7,12H2,1H3,(H2,19,21,23)/b20-17-. The quantitative estimate of drug-likeness (QED) is 0.664. The second kappa shape index (κ2) is 7.24. The normalized spacial score (nSPS) is 14.4. The highest BCUT2D eigenvalue weighted by Gasteiger charge is 2.16. The van der Waals surface area contributed by atoms with Gasteiger partial charge in [-0.3, -0.25) is 5.43 Å². The van der Waals surface area contributed by atoms with Crippen molar-refractivity contribution < 1.29 is 4.74 Å². The van der Waals surface area contributed by atoms with Crippen LogP contribution in [0.3, 0.4) is 0 Å². The van der Waals surface area contributed by atoms with E-state index in [-0.39, 0.29) is 0 Å². The zero-order valence-corrected chi connectivity index (χ0v) is 13.8. The van der Waals surface area contributed by atoms with Gasteiger partial charge in [0.2, 0.25) is 0 Å². The van der Waals surface area contributed by atoms with Gasteiger partial charge in [0, 0.05) is 11.3 Å². The molecule has 0 spiro atoms. The molecular formula is C18H19N3OS. The van der Waals surface area contributed by atoms with Crippen molar-refractivity contribution in [1.82, 2.24) is 5.43 Å². The second-order valence-electron chi connectivity index (χ2n) is 5.24. The fourth-order valence-electron chi connectivity index (χ4n) is 2.60. The third-order valence-corrected chi connectivity index (χ3v) is 3.87. The Balaban J connectivity index is 1.59. The van der Waals surface area contributed by atoms with Crippen molar-refractivity contribution in [2.45, 2.75) is 19.8 Å². The second-order valence-corrected chi connectivity index (χ2v) is 5.65. The summed E-state index contributed by atoms with van der Waals surface area (Å²) in [5.74, 6) is 0.847. The van der Waals surface area contributed by atoms with Gasteiger partial charge in [0.05, 0.1) is 12.3 Å². The summed E-state index contributed by atoms with van der Waals surface area (Å²) in [6.45, 7) is 2.62. The fourth-order valence-corrected chi connectivity index (χ4v) is 2.77. The molecule has 5 heteroatoms. The maximum atomic E-state index is 5.42. The number of aryl methyl sites for hydroxylation is 1. The van der Waals surface area contributed by atoms with Crippen LogP contribution in [0, 0.1) is 0 Å². The van der Waals surface area contributed by atoms with E-state index in [0.29, 0.717) is 11.7 Å². The molecule has 0 fully saturated rings. The lowest BCUT2D eigenvalue weighted by atomic mass is 10.1. The summed E-state index contributed by atoms with van der Waals surface area (Å²) in [5.41, 5.74) is 7.44. The van der Waals surface area contributed by atoms with Crippen LogP contribution in [-0.2, 0) is 6.42 Å². The minimum Gasteiger partial charge on any atom is -0.494 e. The van der Waals surface area contributed by atoms with E-state index in [1.54, 1.807) is 0 Å². The fraction of sp³-hybridized carbons (Fsp3) is 0.222. The number of rotatable bonds is 4. The van der Waals surface area contributed by atoms with Crippen molar-refractivity contribution in [2.24, 2.45) is 5.10 Å². The molecule has 0 atom stereocenters. The Labute approximate surface area is 141 Å². The number of hydrazone groups is 1. The van der Waals surface area contributed by atoms with Crippen molar-refractivity contribution in [3.05, 3.63) is 59.7 Å². The Morgan fingerprint density at radius 1 is 1.13 bits per heavy atom. The molecule has 2 aromatic carbocycles. The van der Waals surface area contributed by atoms with Gasteiger partial charge in [-0.25, -0.2) is 0 Å². The molecule has 0 unspecified atom stereocenters. The van der Waals surface area contributed by atoms with Crippen LogP contribution in [0.2, 0.25) is 0 Å². The predicted molar refractivity (Wildman–Crippen MR) is 98.3 cm³/mol. The SMILES string of the molecule is CCOc1ccc(NC(=S)N/N=C2/CCc3ccccc32)cc1. The Morgan fingerprint density at radius 2 is 1.91 bits per heavy atom. The van der Waals surface area contributed by atoms with Gasteiger partial charge in [0.15, 0.2) is 5.11 Å². The smallest absolute Gasteiger partial charge is 0.191 e. The van der Waals surface area contributed by atoms with E-state index < -0.39 is 0 Å². The lowest BCUT2D eigenvalue weighted by molar-refractivity contribution is 0.340. The number of nitrogens with one attached hydrogen (secondary N) is 2. The van der Waals surface area contributed by atoms with Crippen LogP contribution in [0.1, 0.15) is 24.5 Å². The number of hydrogen-bond donors (Lipinski definition) is 2. The minimum atomic E-state index is 0.478. The zero-order chi connectivity index (χ0) is 16.1. The average Bonchev–Trinajstić information content (AvgIpc) is 2.98. The number of fused-ring (bicyclic) bond motifs is 1. The molecule has 0 aliphatic heterocycles. The number of nitrogens with zero attached hydrogens (tertiary/aromatic N) is 1. The highest BCUT2D eigenvalue weighted by molar-refractivity contribution is 7.80. The Morgan fingerprint density at radius 3 is 2.70 bits per heavy atom. The van der Waals surface area contributed by atoms with E-state index in [2.05, 4.69) is 34.0 Å². The maximum Gasteiger partial charge on any atom is 0.191 e. The van der Waals surface area contributed by atoms with E-state index in [0.717, 1.165) is 30.0 Å². The number of thiocarbonyl (C=S) groups is 1. The predicted octanol–water partition coefficient (Wildman–Crippen LogP) is 3.72. The average molecular weight is 325 g/mol. The lowest BCUT2D eigenvalue weighted by Gasteiger charge is -2.09. The Bertz CT molecular complexity index is 725. The van der Waals surface area contributed by atoms with Gasteiger partial charge in [-0.2, -0.15) is 5.10 Å². The van der Waals surface area contributed by atoms with Gasteiger partial charge in [0.25, 0.3) is 0 Å². The molecule has 0 bridgehead atoms. The maximum absolute atomic E-state index is 5.42. The first-order valence-electron chi connectivity index (χ1n) is 7.71. The van der Waals surface area contributed by atoms with Gasteiger partial charge in [0.1, 0.15) is 5.75 Å². The number of benzene rings is 2. The van der Waals surface area contributed by atoms with Crippen LogP contribution >= 0.6 is 12.2 Å². The Kier molecular flexibility index (Phi) is 4.88. The number of hydrogen-bond acceptors (Lipinski definition) is 3. The summed E-state index contributed by atoms with van der Waals surface area (Å²) in [7, 11) is 0. The van der Waals surface area contributed by atoms with E-state index >= 15 is 0 Å². The lowest BCUT2D eigenvalue weighted by Crippen LogP contribution is -2.25. The molecule has 23 heavy (non-hydrogen) atoms.